The SMILES string of the molecule is CC1CCN(c2ccc([N+](=O)[O-])cc2C(=O)Nc2ccc(N3CCN(C(=O)C(F)(F)F)CC3)cc2)CC1. The molecule has 2 fully saturated rings. The van der Waals surface area contributed by atoms with Crippen LogP contribution in [-0.2, 0) is 4.79 Å². The van der Waals surface area contributed by atoms with Gasteiger partial charge in [0.2, 0.25) is 0 Å². The zero-order valence-electron chi connectivity index (χ0n) is 20.3. The second-order valence-electron chi connectivity index (χ2n) is 9.41. The molecule has 2 saturated heterocycles. The van der Waals surface area contributed by atoms with Crippen molar-refractivity contribution < 1.29 is 27.7 Å². The molecule has 0 atom stereocenters. The third kappa shape index (κ3) is 6.12. The second-order valence-corrected chi connectivity index (χ2v) is 9.41. The standard InChI is InChI=1S/C25H28F3N5O4/c1-17-8-10-31(11-9-17)22-7-6-20(33(36)37)16-21(22)23(34)29-18-2-4-19(5-3-18)30-12-14-32(15-13-30)24(35)25(26,27)28/h2-7,16-17H,8-15H2,1H3,(H,29,34). The summed E-state index contributed by atoms with van der Waals surface area (Å²) in [6.07, 6.45) is -2.94. The van der Waals surface area contributed by atoms with E-state index in [-0.39, 0.29) is 37.4 Å². The summed E-state index contributed by atoms with van der Waals surface area (Å²) in [6.45, 7) is 4.11. The summed E-state index contributed by atoms with van der Waals surface area (Å²) in [5.74, 6) is -1.72. The maximum atomic E-state index is 13.2. The van der Waals surface area contributed by atoms with Crippen molar-refractivity contribution in [2.75, 3.05) is 54.4 Å². The van der Waals surface area contributed by atoms with E-state index >= 15 is 0 Å². The Morgan fingerprint density at radius 1 is 0.946 bits per heavy atom. The average molecular weight is 520 g/mol. The third-order valence-corrected chi connectivity index (χ3v) is 6.86. The van der Waals surface area contributed by atoms with E-state index in [9.17, 15) is 32.9 Å². The molecule has 198 valence electrons. The molecule has 12 heteroatoms. The normalized spacial score (nSPS) is 17.0. The number of nitrogens with one attached hydrogen (secondary N) is 1. The minimum Gasteiger partial charge on any atom is -0.371 e. The van der Waals surface area contributed by atoms with Gasteiger partial charge in [0.25, 0.3) is 11.6 Å². The number of halogens is 3. The third-order valence-electron chi connectivity index (χ3n) is 6.86. The van der Waals surface area contributed by atoms with Crippen LogP contribution in [0, 0.1) is 16.0 Å². The van der Waals surface area contributed by atoms with E-state index in [1.807, 2.05) is 4.90 Å². The van der Waals surface area contributed by atoms with Crippen molar-refractivity contribution in [3.8, 4) is 0 Å². The number of anilines is 3. The lowest BCUT2D eigenvalue weighted by Crippen LogP contribution is -2.52. The lowest BCUT2D eigenvalue weighted by molar-refractivity contribution is -0.384. The first kappa shape index (κ1) is 26.2. The highest BCUT2D eigenvalue weighted by atomic mass is 19.4. The Hall–Kier alpha value is -3.83. The molecule has 2 aliphatic rings. The van der Waals surface area contributed by atoms with Crippen LogP contribution in [-0.4, -0.2) is 67.1 Å². The highest BCUT2D eigenvalue weighted by molar-refractivity contribution is 6.08. The molecule has 0 radical (unpaired) electrons. The molecule has 0 aliphatic carbocycles. The van der Waals surface area contributed by atoms with Gasteiger partial charge in [-0.2, -0.15) is 13.2 Å². The molecule has 0 spiro atoms. The molecule has 0 aromatic heterocycles. The number of alkyl halides is 3. The summed E-state index contributed by atoms with van der Waals surface area (Å²) in [7, 11) is 0. The number of hydrogen-bond donors (Lipinski definition) is 1. The summed E-state index contributed by atoms with van der Waals surface area (Å²) >= 11 is 0. The summed E-state index contributed by atoms with van der Waals surface area (Å²) < 4.78 is 38.0. The number of nitro groups is 1. The van der Waals surface area contributed by atoms with Gasteiger partial charge in [-0.05, 0) is 49.1 Å². The number of nitro benzene ring substituents is 1. The maximum absolute atomic E-state index is 13.2. The molecular weight excluding hydrogens is 491 g/mol. The number of rotatable bonds is 5. The minimum atomic E-state index is -4.88. The molecule has 1 N–H and O–H groups in total. The fourth-order valence-electron chi connectivity index (χ4n) is 4.65. The van der Waals surface area contributed by atoms with Crippen LogP contribution in [0.2, 0.25) is 0 Å². The number of piperazine rings is 1. The zero-order chi connectivity index (χ0) is 26.7. The number of amides is 2. The molecule has 2 heterocycles. The fourth-order valence-corrected chi connectivity index (χ4v) is 4.65. The van der Waals surface area contributed by atoms with E-state index in [4.69, 9.17) is 0 Å². The van der Waals surface area contributed by atoms with Gasteiger partial charge in [-0.3, -0.25) is 19.7 Å². The lowest BCUT2D eigenvalue weighted by atomic mass is 9.98. The minimum absolute atomic E-state index is 0.0400. The van der Waals surface area contributed by atoms with Gasteiger partial charge in [0.15, 0.2) is 0 Å². The molecule has 0 saturated carbocycles. The lowest BCUT2D eigenvalue weighted by Gasteiger charge is -2.36. The number of nitrogens with zero attached hydrogens (tertiary/aromatic N) is 4. The van der Waals surface area contributed by atoms with Crippen LogP contribution < -0.4 is 15.1 Å². The van der Waals surface area contributed by atoms with Gasteiger partial charge in [0.1, 0.15) is 0 Å². The largest absolute Gasteiger partial charge is 0.471 e. The van der Waals surface area contributed by atoms with E-state index in [1.54, 1.807) is 30.3 Å². The highest BCUT2D eigenvalue weighted by Gasteiger charge is 2.43. The first-order valence-corrected chi connectivity index (χ1v) is 12.1. The zero-order valence-corrected chi connectivity index (χ0v) is 20.3. The molecular formula is C25H28F3N5O4. The maximum Gasteiger partial charge on any atom is 0.471 e. The van der Waals surface area contributed by atoms with Gasteiger partial charge in [0.05, 0.1) is 16.2 Å². The molecule has 37 heavy (non-hydrogen) atoms. The molecule has 2 amide bonds. The monoisotopic (exact) mass is 519 g/mol. The molecule has 4 rings (SSSR count). The van der Waals surface area contributed by atoms with Crippen molar-refractivity contribution in [1.29, 1.82) is 0 Å². The Morgan fingerprint density at radius 2 is 1.57 bits per heavy atom. The Bertz CT molecular complexity index is 1160. The van der Waals surface area contributed by atoms with Gasteiger partial charge >= 0.3 is 12.1 Å². The smallest absolute Gasteiger partial charge is 0.371 e. The van der Waals surface area contributed by atoms with Crippen LogP contribution >= 0.6 is 0 Å². The molecule has 9 nitrogen and oxygen atoms in total. The van der Waals surface area contributed by atoms with Crippen molar-refractivity contribution in [3.05, 3.63) is 58.1 Å². The highest BCUT2D eigenvalue weighted by Crippen LogP contribution is 2.30. The number of carbonyl (C=O) groups excluding carboxylic acids is 2. The number of non-ortho nitro benzene ring substituents is 1. The van der Waals surface area contributed by atoms with Crippen molar-refractivity contribution >= 4 is 34.6 Å². The van der Waals surface area contributed by atoms with E-state index in [0.29, 0.717) is 17.3 Å². The molecule has 2 aliphatic heterocycles. The van der Waals surface area contributed by atoms with Gasteiger partial charge in [0, 0.05) is 62.8 Å². The predicted molar refractivity (Wildman–Crippen MR) is 133 cm³/mol. The van der Waals surface area contributed by atoms with Crippen molar-refractivity contribution in [2.45, 2.75) is 25.9 Å². The van der Waals surface area contributed by atoms with E-state index in [0.717, 1.165) is 36.5 Å². The van der Waals surface area contributed by atoms with E-state index in [1.165, 1.54) is 12.1 Å². The van der Waals surface area contributed by atoms with Crippen molar-refractivity contribution in [1.82, 2.24) is 4.90 Å². The van der Waals surface area contributed by atoms with Crippen LogP contribution in [0.25, 0.3) is 0 Å². The molecule has 0 unspecified atom stereocenters. The van der Waals surface area contributed by atoms with Crippen LogP contribution in [0.15, 0.2) is 42.5 Å². The summed E-state index contributed by atoms with van der Waals surface area (Å²) in [6, 6.07) is 11.1. The number of piperidine rings is 1. The molecule has 0 bridgehead atoms. The molecule has 2 aromatic carbocycles. The molecule has 2 aromatic rings. The fraction of sp³-hybridized carbons (Fsp3) is 0.440. The van der Waals surface area contributed by atoms with Gasteiger partial charge < -0.3 is 20.0 Å². The number of benzene rings is 2. The van der Waals surface area contributed by atoms with Gasteiger partial charge in [-0.15, -0.1) is 0 Å². The van der Waals surface area contributed by atoms with Crippen LogP contribution in [0.3, 0.4) is 0 Å². The summed E-state index contributed by atoms with van der Waals surface area (Å²) in [4.78, 5) is 40.1. The second kappa shape index (κ2) is 10.7. The van der Waals surface area contributed by atoms with Crippen LogP contribution in [0.1, 0.15) is 30.1 Å². The van der Waals surface area contributed by atoms with E-state index in [2.05, 4.69) is 17.1 Å². The predicted octanol–water partition coefficient (Wildman–Crippen LogP) is 4.29. The first-order valence-electron chi connectivity index (χ1n) is 12.1. The Balaban J connectivity index is 1.44. The van der Waals surface area contributed by atoms with Crippen molar-refractivity contribution in [3.63, 3.8) is 0 Å². The Labute approximate surface area is 212 Å². The first-order chi connectivity index (χ1) is 17.5. The van der Waals surface area contributed by atoms with Crippen LogP contribution in [0.5, 0.6) is 0 Å². The summed E-state index contributed by atoms with van der Waals surface area (Å²) in [5, 5.41) is 14.1. The van der Waals surface area contributed by atoms with Gasteiger partial charge in [-0.25, -0.2) is 0 Å². The number of carbonyl (C=O) groups is 2. The topological polar surface area (TPSA) is 99.0 Å². The number of hydrogen-bond acceptors (Lipinski definition) is 6. The van der Waals surface area contributed by atoms with E-state index < -0.39 is 22.9 Å². The van der Waals surface area contributed by atoms with Crippen LogP contribution in [0.4, 0.5) is 35.9 Å². The van der Waals surface area contributed by atoms with Crippen molar-refractivity contribution in [2.24, 2.45) is 5.92 Å². The average Bonchev–Trinajstić information content (AvgIpc) is 2.88. The quantitative estimate of drug-likeness (QED) is 0.467. The summed E-state index contributed by atoms with van der Waals surface area (Å²) in [5.41, 5.74) is 1.92. The van der Waals surface area contributed by atoms with Gasteiger partial charge in [-0.1, -0.05) is 6.92 Å². The Morgan fingerprint density at radius 3 is 2.14 bits per heavy atom. The Kier molecular flexibility index (Phi) is 7.55.